The third kappa shape index (κ3) is 3.13. The summed E-state index contributed by atoms with van der Waals surface area (Å²) in [5.74, 6) is -1.20. The Bertz CT molecular complexity index is 822. The second-order valence-electron chi connectivity index (χ2n) is 6.80. The number of alkyl halides is 3. The van der Waals surface area contributed by atoms with E-state index in [4.69, 9.17) is 11.6 Å². The monoisotopic (exact) mass is 385 g/mol. The van der Waals surface area contributed by atoms with E-state index < -0.39 is 12.1 Å². The highest BCUT2D eigenvalue weighted by Gasteiger charge is 2.44. The summed E-state index contributed by atoms with van der Waals surface area (Å²) in [6.07, 6.45) is -2.73. The molecule has 1 aliphatic carbocycles. The molecule has 2 unspecified atom stereocenters. The number of hydrogen-bond donors (Lipinski definition) is 0. The highest BCUT2D eigenvalue weighted by atomic mass is 35.5. The normalized spacial score (nSPS) is 22.7. The molecule has 1 saturated heterocycles. The highest BCUT2D eigenvalue weighted by molar-refractivity contribution is 6.28. The van der Waals surface area contributed by atoms with Crippen molar-refractivity contribution in [3.05, 3.63) is 52.2 Å². The van der Waals surface area contributed by atoms with E-state index in [0.717, 1.165) is 23.2 Å². The van der Waals surface area contributed by atoms with Crippen molar-refractivity contribution in [3.8, 4) is 0 Å². The van der Waals surface area contributed by atoms with Crippen molar-refractivity contribution < 1.29 is 17.6 Å². The second-order valence-corrected chi connectivity index (χ2v) is 7.13. The fraction of sp³-hybridized carbons (Fsp3) is 0.444. The van der Waals surface area contributed by atoms with Crippen molar-refractivity contribution in [2.75, 3.05) is 18.0 Å². The second kappa shape index (κ2) is 6.37. The average molecular weight is 386 g/mol. The predicted molar refractivity (Wildman–Crippen MR) is 90.0 cm³/mol. The maximum absolute atomic E-state index is 13.2. The molecule has 0 saturated carbocycles. The van der Waals surface area contributed by atoms with Crippen molar-refractivity contribution in [1.29, 1.82) is 0 Å². The fourth-order valence-corrected chi connectivity index (χ4v) is 4.09. The van der Waals surface area contributed by atoms with Crippen LogP contribution in [0, 0.1) is 11.7 Å². The third-order valence-electron chi connectivity index (χ3n) is 5.23. The lowest BCUT2D eigenvalue weighted by Gasteiger charge is -2.22. The Labute approximate surface area is 153 Å². The lowest BCUT2D eigenvalue weighted by Crippen LogP contribution is -2.28. The first kappa shape index (κ1) is 17.5. The molecule has 3 nitrogen and oxygen atoms in total. The summed E-state index contributed by atoms with van der Waals surface area (Å²) >= 11 is 6.08. The summed E-state index contributed by atoms with van der Waals surface area (Å²) in [6.45, 7) is 0.190. The molecule has 26 heavy (non-hydrogen) atoms. The van der Waals surface area contributed by atoms with Crippen LogP contribution in [0.3, 0.4) is 0 Å². The smallest absolute Gasteiger partial charge is 0.356 e. The van der Waals surface area contributed by atoms with Gasteiger partial charge in [-0.1, -0.05) is 12.1 Å². The van der Waals surface area contributed by atoms with Gasteiger partial charge in [0.05, 0.1) is 11.6 Å². The lowest BCUT2D eigenvalue weighted by molar-refractivity contribution is -0.168. The zero-order valence-corrected chi connectivity index (χ0v) is 14.5. The van der Waals surface area contributed by atoms with Gasteiger partial charge < -0.3 is 4.90 Å². The quantitative estimate of drug-likeness (QED) is 0.552. The van der Waals surface area contributed by atoms with E-state index in [1.165, 1.54) is 12.1 Å². The summed E-state index contributed by atoms with van der Waals surface area (Å²) in [4.78, 5) is 10.2. The number of rotatable bonds is 2. The molecule has 2 aromatic rings. The standard InChI is InChI=1S/C18H16ClF4N3/c19-17-24-15-13(10-1-3-12(20)4-2-10)5-6-14(15)16(25-17)26-8-7-11(9-26)18(21,22)23/h1-4,11,13H,5-9H2. The number of halogens is 5. The highest BCUT2D eigenvalue weighted by Crippen LogP contribution is 2.43. The number of hydrogen-bond acceptors (Lipinski definition) is 3. The van der Waals surface area contributed by atoms with Crippen molar-refractivity contribution in [3.63, 3.8) is 0 Å². The van der Waals surface area contributed by atoms with Crippen LogP contribution in [0.15, 0.2) is 24.3 Å². The van der Waals surface area contributed by atoms with Gasteiger partial charge in [0, 0.05) is 24.6 Å². The molecule has 8 heteroatoms. The predicted octanol–water partition coefficient (Wildman–Crippen LogP) is 4.74. The maximum Gasteiger partial charge on any atom is 0.393 e. The van der Waals surface area contributed by atoms with Crippen LogP contribution in [-0.2, 0) is 6.42 Å². The van der Waals surface area contributed by atoms with Crippen molar-refractivity contribution >= 4 is 17.4 Å². The van der Waals surface area contributed by atoms with Crippen molar-refractivity contribution in [1.82, 2.24) is 9.97 Å². The topological polar surface area (TPSA) is 29.0 Å². The molecule has 1 aliphatic heterocycles. The zero-order valence-electron chi connectivity index (χ0n) is 13.7. The van der Waals surface area contributed by atoms with Gasteiger partial charge in [0.25, 0.3) is 0 Å². The van der Waals surface area contributed by atoms with Gasteiger partial charge in [0.1, 0.15) is 11.6 Å². The molecule has 1 aromatic heterocycles. The van der Waals surface area contributed by atoms with Gasteiger partial charge in [-0.15, -0.1) is 0 Å². The molecule has 0 amide bonds. The van der Waals surface area contributed by atoms with Gasteiger partial charge in [-0.3, -0.25) is 0 Å². The summed E-state index contributed by atoms with van der Waals surface area (Å²) in [7, 11) is 0. The van der Waals surface area contributed by atoms with Crippen LogP contribution in [0.2, 0.25) is 5.28 Å². The summed E-state index contributed by atoms with van der Waals surface area (Å²) in [6, 6.07) is 6.21. The molecule has 0 radical (unpaired) electrons. The van der Waals surface area contributed by atoms with Gasteiger partial charge in [-0.05, 0) is 48.6 Å². The number of aromatic nitrogens is 2. The van der Waals surface area contributed by atoms with E-state index >= 15 is 0 Å². The van der Waals surface area contributed by atoms with E-state index in [2.05, 4.69) is 9.97 Å². The van der Waals surface area contributed by atoms with Crippen LogP contribution < -0.4 is 4.90 Å². The molecule has 2 atom stereocenters. The molecule has 2 aliphatic rings. The lowest BCUT2D eigenvalue weighted by atomic mass is 9.97. The van der Waals surface area contributed by atoms with Crippen LogP contribution in [0.25, 0.3) is 0 Å². The number of fused-ring (bicyclic) bond motifs is 1. The summed E-state index contributed by atoms with van der Waals surface area (Å²) < 4.78 is 52.2. The van der Waals surface area contributed by atoms with E-state index in [1.54, 1.807) is 17.0 Å². The Balaban J connectivity index is 1.67. The van der Waals surface area contributed by atoms with Crippen LogP contribution in [0.5, 0.6) is 0 Å². The SMILES string of the molecule is Fc1ccc(C2CCc3c2nc(Cl)nc3N2CCC(C(F)(F)F)C2)cc1. The molecule has 2 heterocycles. The van der Waals surface area contributed by atoms with Gasteiger partial charge in [0.15, 0.2) is 0 Å². The van der Waals surface area contributed by atoms with Crippen LogP contribution in [0.4, 0.5) is 23.4 Å². The van der Waals surface area contributed by atoms with E-state index in [0.29, 0.717) is 18.8 Å². The molecule has 4 rings (SSSR count). The molecule has 0 N–H and O–H groups in total. The minimum atomic E-state index is -4.20. The molecule has 0 bridgehead atoms. The Morgan fingerprint density at radius 1 is 1.08 bits per heavy atom. The Morgan fingerprint density at radius 2 is 1.81 bits per heavy atom. The molecule has 1 fully saturated rings. The van der Waals surface area contributed by atoms with Gasteiger partial charge in [-0.25, -0.2) is 14.4 Å². The maximum atomic E-state index is 13.2. The van der Waals surface area contributed by atoms with Gasteiger partial charge >= 0.3 is 6.18 Å². The van der Waals surface area contributed by atoms with E-state index in [9.17, 15) is 17.6 Å². The number of anilines is 1. The Kier molecular flexibility index (Phi) is 4.29. The molecular weight excluding hydrogens is 370 g/mol. The molecule has 1 aromatic carbocycles. The summed E-state index contributed by atoms with van der Waals surface area (Å²) in [5, 5.41) is 0.0308. The first-order chi connectivity index (χ1) is 12.3. The largest absolute Gasteiger partial charge is 0.393 e. The van der Waals surface area contributed by atoms with Crippen molar-refractivity contribution in [2.45, 2.75) is 31.4 Å². The Hall–Kier alpha value is -1.89. The van der Waals surface area contributed by atoms with Gasteiger partial charge in [-0.2, -0.15) is 13.2 Å². The van der Waals surface area contributed by atoms with E-state index in [1.807, 2.05) is 0 Å². The van der Waals surface area contributed by atoms with E-state index in [-0.39, 0.29) is 30.0 Å². The van der Waals surface area contributed by atoms with Gasteiger partial charge in [0.2, 0.25) is 5.28 Å². The minimum absolute atomic E-state index is 0.0308. The molecular formula is C18H16ClF4N3. The van der Waals surface area contributed by atoms with Crippen molar-refractivity contribution in [2.24, 2.45) is 5.92 Å². The molecule has 0 spiro atoms. The summed E-state index contributed by atoms with van der Waals surface area (Å²) in [5.41, 5.74) is 2.51. The number of nitrogens with zero attached hydrogens (tertiary/aromatic N) is 3. The Morgan fingerprint density at radius 3 is 2.46 bits per heavy atom. The number of benzene rings is 1. The third-order valence-corrected chi connectivity index (χ3v) is 5.40. The first-order valence-corrected chi connectivity index (χ1v) is 8.84. The van der Waals surface area contributed by atoms with Crippen LogP contribution in [0.1, 0.15) is 35.6 Å². The molecule has 138 valence electrons. The average Bonchev–Trinajstić information content (AvgIpc) is 3.21. The van der Waals surface area contributed by atoms with Crippen LogP contribution >= 0.6 is 11.6 Å². The first-order valence-electron chi connectivity index (χ1n) is 8.46. The van der Waals surface area contributed by atoms with Crippen LogP contribution in [-0.4, -0.2) is 29.2 Å². The zero-order chi connectivity index (χ0) is 18.5. The minimum Gasteiger partial charge on any atom is -0.356 e. The fourth-order valence-electron chi connectivity index (χ4n) is 3.92.